The van der Waals surface area contributed by atoms with E-state index in [2.05, 4.69) is 29.5 Å². The number of halogens is 2. The first kappa shape index (κ1) is 18.1. The first-order valence-electron chi connectivity index (χ1n) is 6.22. The van der Waals surface area contributed by atoms with Crippen LogP contribution in [0.15, 0.2) is 23.2 Å². The fraction of sp³-hybridized carbons (Fsp3) is 0.500. The van der Waals surface area contributed by atoms with Crippen molar-refractivity contribution in [2.45, 2.75) is 27.3 Å². The van der Waals surface area contributed by atoms with Gasteiger partial charge in [0.2, 0.25) is 0 Å². The van der Waals surface area contributed by atoms with Crippen LogP contribution >= 0.6 is 24.0 Å². The van der Waals surface area contributed by atoms with Crippen molar-refractivity contribution in [3.05, 3.63) is 35.1 Å². The van der Waals surface area contributed by atoms with Crippen molar-refractivity contribution in [2.75, 3.05) is 13.6 Å². The number of hydrogen-bond acceptors (Lipinski definition) is 1. The van der Waals surface area contributed by atoms with Gasteiger partial charge in [0.25, 0.3) is 0 Å². The molecular weight excluding hydrogens is 356 g/mol. The van der Waals surface area contributed by atoms with E-state index in [1.807, 2.05) is 6.07 Å². The predicted molar refractivity (Wildman–Crippen MR) is 89.6 cm³/mol. The van der Waals surface area contributed by atoms with E-state index in [1.54, 1.807) is 26.1 Å². The number of guanidine groups is 1. The van der Waals surface area contributed by atoms with E-state index in [0.717, 1.165) is 18.1 Å². The molecule has 0 unspecified atom stereocenters. The van der Waals surface area contributed by atoms with Crippen LogP contribution in [0.5, 0.6) is 0 Å². The monoisotopic (exact) mass is 379 g/mol. The Labute approximate surface area is 132 Å². The summed E-state index contributed by atoms with van der Waals surface area (Å²) in [6.45, 7) is 7.46. The Balaban J connectivity index is 0.00000324. The number of aliphatic imine (C=N–C) groups is 1. The fourth-order valence-electron chi connectivity index (χ4n) is 1.45. The molecule has 0 aliphatic heterocycles. The summed E-state index contributed by atoms with van der Waals surface area (Å²) in [5, 5.41) is 6.37. The van der Waals surface area contributed by atoms with E-state index in [-0.39, 0.29) is 29.8 Å². The van der Waals surface area contributed by atoms with Crippen molar-refractivity contribution in [3.8, 4) is 0 Å². The van der Waals surface area contributed by atoms with Crippen molar-refractivity contribution < 1.29 is 4.39 Å². The second-order valence-corrected chi connectivity index (χ2v) is 4.78. The van der Waals surface area contributed by atoms with Crippen molar-refractivity contribution in [1.82, 2.24) is 10.6 Å². The summed E-state index contributed by atoms with van der Waals surface area (Å²) in [7, 11) is 1.73. The molecule has 1 aromatic rings. The van der Waals surface area contributed by atoms with Gasteiger partial charge in [-0.1, -0.05) is 26.0 Å². The molecule has 3 nitrogen and oxygen atoms in total. The third kappa shape index (κ3) is 6.75. The van der Waals surface area contributed by atoms with Crippen molar-refractivity contribution in [2.24, 2.45) is 10.9 Å². The molecule has 5 heteroatoms. The normalized spacial score (nSPS) is 11.2. The van der Waals surface area contributed by atoms with E-state index in [4.69, 9.17) is 0 Å². The van der Waals surface area contributed by atoms with Crippen LogP contribution in [0.4, 0.5) is 4.39 Å². The molecule has 2 N–H and O–H groups in total. The summed E-state index contributed by atoms with van der Waals surface area (Å²) < 4.78 is 13.4. The Morgan fingerprint density at radius 1 is 1.32 bits per heavy atom. The van der Waals surface area contributed by atoms with Crippen LogP contribution in [-0.4, -0.2) is 19.6 Å². The molecule has 108 valence electrons. The Morgan fingerprint density at radius 2 is 2.00 bits per heavy atom. The minimum Gasteiger partial charge on any atom is -0.356 e. The fourth-order valence-corrected chi connectivity index (χ4v) is 1.45. The van der Waals surface area contributed by atoms with Crippen LogP contribution in [0.25, 0.3) is 0 Å². The lowest BCUT2D eigenvalue weighted by Gasteiger charge is -2.13. The molecule has 1 rings (SSSR count). The van der Waals surface area contributed by atoms with Crippen LogP contribution in [0.2, 0.25) is 0 Å². The third-order valence-corrected chi connectivity index (χ3v) is 2.60. The maximum atomic E-state index is 13.4. The average molecular weight is 379 g/mol. The molecule has 0 aliphatic rings. The summed E-state index contributed by atoms with van der Waals surface area (Å²) in [5.74, 6) is 1.13. The lowest BCUT2D eigenvalue weighted by molar-refractivity contribution is 0.610. The summed E-state index contributed by atoms with van der Waals surface area (Å²) in [6.07, 6.45) is 0. The Kier molecular flexibility index (Phi) is 8.71. The topological polar surface area (TPSA) is 36.4 Å². The molecule has 0 spiro atoms. The molecule has 0 saturated heterocycles. The minimum absolute atomic E-state index is 0. The zero-order chi connectivity index (χ0) is 13.5. The van der Waals surface area contributed by atoms with Gasteiger partial charge in [-0.05, 0) is 30.0 Å². The zero-order valence-electron chi connectivity index (χ0n) is 12.0. The minimum atomic E-state index is -0.167. The molecule has 0 fully saturated rings. The number of aryl methyl sites for hydroxylation is 1. The lowest BCUT2D eigenvalue weighted by Crippen LogP contribution is -2.38. The lowest BCUT2D eigenvalue weighted by atomic mass is 10.1. The molecule has 1 aromatic carbocycles. The average Bonchev–Trinajstić information content (AvgIpc) is 2.33. The third-order valence-electron chi connectivity index (χ3n) is 2.60. The van der Waals surface area contributed by atoms with Crippen molar-refractivity contribution in [1.29, 1.82) is 0 Å². The number of benzene rings is 1. The number of nitrogens with one attached hydrogen (secondary N) is 2. The summed E-state index contributed by atoms with van der Waals surface area (Å²) in [5.41, 5.74) is 1.58. The van der Waals surface area contributed by atoms with Gasteiger partial charge in [0.05, 0.1) is 0 Å². The molecule has 19 heavy (non-hydrogen) atoms. The van der Waals surface area contributed by atoms with Crippen LogP contribution in [-0.2, 0) is 6.54 Å². The standard InChI is InChI=1S/C14H22FN3.HI/c1-10(2)8-17-14(16-4)18-9-12-6-5-11(3)13(15)7-12;/h5-7,10H,8-9H2,1-4H3,(H2,16,17,18);1H. The SMILES string of the molecule is CN=C(NCc1ccc(C)c(F)c1)NCC(C)C.I. The van der Waals surface area contributed by atoms with E-state index < -0.39 is 0 Å². The van der Waals surface area contributed by atoms with Gasteiger partial charge in [-0.3, -0.25) is 4.99 Å². The second kappa shape index (κ2) is 9.12. The number of hydrogen-bond donors (Lipinski definition) is 2. The van der Waals surface area contributed by atoms with Gasteiger partial charge < -0.3 is 10.6 Å². The van der Waals surface area contributed by atoms with Gasteiger partial charge in [0.15, 0.2) is 5.96 Å². The molecule has 0 bridgehead atoms. The quantitative estimate of drug-likeness (QED) is 0.479. The van der Waals surface area contributed by atoms with Gasteiger partial charge >= 0.3 is 0 Å². The maximum Gasteiger partial charge on any atom is 0.191 e. The van der Waals surface area contributed by atoms with E-state index in [0.29, 0.717) is 18.0 Å². The number of rotatable bonds is 4. The second-order valence-electron chi connectivity index (χ2n) is 4.78. The van der Waals surface area contributed by atoms with Crippen LogP contribution in [0.3, 0.4) is 0 Å². The molecule has 0 amide bonds. The van der Waals surface area contributed by atoms with Gasteiger partial charge in [-0.15, -0.1) is 24.0 Å². The molecule has 0 atom stereocenters. The summed E-state index contributed by atoms with van der Waals surface area (Å²) in [4.78, 5) is 4.12. The highest BCUT2D eigenvalue weighted by atomic mass is 127. The Hall–Kier alpha value is -0.850. The Bertz CT molecular complexity index is 419. The van der Waals surface area contributed by atoms with Gasteiger partial charge in [0, 0.05) is 20.1 Å². The summed E-state index contributed by atoms with van der Waals surface area (Å²) >= 11 is 0. The van der Waals surface area contributed by atoms with E-state index in [1.165, 1.54) is 0 Å². The van der Waals surface area contributed by atoms with Crippen molar-refractivity contribution in [3.63, 3.8) is 0 Å². The number of nitrogens with zero attached hydrogens (tertiary/aromatic N) is 1. The maximum absolute atomic E-state index is 13.4. The summed E-state index contributed by atoms with van der Waals surface area (Å²) in [6, 6.07) is 5.26. The van der Waals surface area contributed by atoms with Crippen LogP contribution < -0.4 is 10.6 Å². The molecule has 0 saturated carbocycles. The molecule has 0 aliphatic carbocycles. The van der Waals surface area contributed by atoms with Crippen LogP contribution in [0.1, 0.15) is 25.0 Å². The van der Waals surface area contributed by atoms with Gasteiger partial charge in [0.1, 0.15) is 5.82 Å². The Morgan fingerprint density at radius 3 is 2.53 bits per heavy atom. The first-order chi connectivity index (χ1) is 8.52. The molecular formula is C14H23FIN3. The first-order valence-corrected chi connectivity index (χ1v) is 6.22. The van der Waals surface area contributed by atoms with Gasteiger partial charge in [-0.2, -0.15) is 0 Å². The highest BCUT2D eigenvalue weighted by molar-refractivity contribution is 14.0. The predicted octanol–water partition coefficient (Wildman–Crippen LogP) is 3.07. The zero-order valence-corrected chi connectivity index (χ0v) is 14.3. The molecule has 0 radical (unpaired) electrons. The van der Waals surface area contributed by atoms with Crippen molar-refractivity contribution >= 4 is 29.9 Å². The molecule has 0 heterocycles. The smallest absolute Gasteiger partial charge is 0.191 e. The van der Waals surface area contributed by atoms with E-state index in [9.17, 15) is 4.39 Å². The van der Waals surface area contributed by atoms with Gasteiger partial charge in [-0.25, -0.2) is 4.39 Å². The van der Waals surface area contributed by atoms with E-state index >= 15 is 0 Å². The molecule has 0 aromatic heterocycles. The van der Waals surface area contributed by atoms with Crippen LogP contribution in [0, 0.1) is 18.7 Å². The highest BCUT2D eigenvalue weighted by Crippen LogP contribution is 2.08. The highest BCUT2D eigenvalue weighted by Gasteiger charge is 2.02. The largest absolute Gasteiger partial charge is 0.356 e.